The van der Waals surface area contributed by atoms with Gasteiger partial charge in [0.25, 0.3) is 0 Å². The number of aliphatic hydroxyl groups is 1. The Kier molecular flexibility index (Phi) is 2.58. The summed E-state index contributed by atoms with van der Waals surface area (Å²) in [7, 11) is 0. The summed E-state index contributed by atoms with van der Waals surface area (Å²) in [5, 5.41) is 22.1. The number of carbonyl (C=O) groups is 1. The van der Waals surface area contributed by atoms with Gasteiger partial charge in [0.05, 0.1) is 17.6 Å². The molecule has 2 N–H and O–H groups in total. The van der Waals surface area contributed by atoms with Gasteiger partial charge in [-0.2, -0.15) is 0 Å². The van der Waals surface area contributed by atoms with Crippen molar-refractivity contribution in [2.45, 2.75) is 48.8 Å². The summed E-state index contributed by atoms with van der Waals surface area (Å²) >= 11 is 0. The smallest absolute Gasteiger partial charge is 0.174 e. The van der Waals surface area contributed by atoms with E-state index in [1.807, 2.05) is 6.07 Å². The van der Waals surface area contributed by atoms with Crippen LogP contribution in [0.3, 0.4) is 0 Å². The second kappa shape index (κ2) is 4.33. The van der Waals surface area contributed by atoms with E-state index in [9.17, 15) is 15.0 Å². The topological polar surface area (TPSA) is 70.0 Å². The van der Waals surface area contributed by atoms with E-state index in [0.29, 0.717) is 38.0 Å². The third-order valence-electron chi connectivity index (χ3n) is 6.66. The number of benzene rings is 1. The number of hydrogen-bond acceptors (Lipinski definition) is 5. The number of rotatable bonds is 1. The molecule has 1 saturated carbocycles. The Labute approximate surface area is 140 Å². The molecule has 0 amide bonds. The lowest BCUT2D eigenvalue weighted by atomic mass is 9.49. The summed E-state index contributed by atoms with van der Waals surface area (Å²) in [4.78, 5) is 14.8. The highest BCUT2D eigenvalue weighted by Gasteiger charge is 2.73. The van der Waals surface area contributed by atoms with E-state index < -0.39 is 17.1 Å². The molecule has 124 valence electrons. The maximum atomic E-state index is 12.6. The highest BCUT2D eigenvalue weighted by Crippen LogP contribution is 2.64. The van der Waals surface area contributed by atoms with Crippen LogP contribution in [0, 0.1) is 12.3 Å². The van der Waals surface area contributed by atoms with Crippen LogP contribution in [-0.2, 0) is 16.6 Å². The summed E-state index contributed by atoms with van der Waals surface area (Å²) in [6.45, 7) is 1.21. The molecule has 4 aliphatic rings. The average Bonchev–Trinajstić information content (AvgIpc) is 2.91. The van der Waals surface area contributed by atoms with Crippen molar-refractivity contribution in [3.63, 3.8) is 0 Å². The van der Waals surface area contributed by atoms with Crippen molar-refractivity contribution in [2.75, 3.05) is 13.1 Å². The van der Waals surface area contributed by atoms with Gasteiger partial charge in [-0.1, -0.05) is 12.0 Å². The normalized spacial score (nSPS) is 39.1. The van der Waals surface area contributed by atoms with Crippen LogP contribution in [0.4, 0.5) is 0 Å². The maximum Gasteiger partial charge on any atom is 0.174 e. The number of hydrogen-bond donors (Lipinski definition) is 2. The third kappa shape index (κ3) is 1.35. The van der Waals surface area contributed by atoms with Gasteiger partial charge in [-0.3, -0.25) is 9.69 Å². The number of likely N-dealkylation sites (tertiary alicyclic amines) is 1. The largest absolute Gasteiger partial charge is 0.504 e. The van der Waals surface area contributed by atoms with E-state index in [-0.39, 0.29) is 17.6 Å². The Morgan fingerprint density at radius 3 is 3.04 bits per heavy atom. The lowest BCUT2D eigenvalue weighted by Crippen LogP contribution is -2.76. The molecular formula is C19H19NO4. The molecule has 4 atom stereocenters. The highest BCUT2D eigenvalue weighted by atomic mass is 16.5. The van der Waals surface area contributed by atoms with E-state index in [1.54, 1.807) is 6.07 Å². The van der Waals surface area contributed by atoms with Crippen LogP contribution in [0.1, 0.15) is 30.4 Å². The number of phenols is 1. The molecule has 24 heavy (non-hydrogen) atoms. The number of nitrogens with zero attached hydrogens (tertiary/aromatic N) is 1. The minimum Gasteiger partial charge on any atom is -0.504 e. The quantitative estimate of drug-likeness (QED) is 0.746. The van der Waals surface area contributed by atoms with Crippen molar-refractivity contribution in [3.05, 3.63) is 23.3 Å². The Bertz CT molecular complexity index is 812. The minimum absolute atomic E-state index is 0.0206. The molecule has 1 spiro atoms. The zero-order valence-electron chi connectivity index (χ0n) is 13.3. The van der Waals surface area contributed by atoms with E-state index in [0.717, 1.165) is 17.7 Å². The molecular weight excluding hydrogens is 306 g/mol. The fraction of sp³-hybridized carbons (Fsp3) is 0.526. The fourth-order valence-electron chi connectivity index (χ4n) is 5.72. The number of carbonyl (C=O) groups excluding carboxylic acids is 1. The van der Waals surface area contributed by atoms with Gasteiger partial charge in [0, 0.05) is 24.6 Å². The fourth-order valence-corrected chi connectivity index (χ4v) is 5.72. The van der Waals surface area contributed by atoms with Gasteiger partial charge < -0.3 is 14.9 Å². The number of ketones is 1. The van der Waals surface area contributed by atoms with Gasteiger partial charge in [-0.15, -0.1) is 6.42 Å². The second-order valence-electron chi connectivity index (χ2n) is 7.45. The highest BCUT2D eigenvalue weighted by molar-refractivity contribution is 5.90. The molecule has 0 aromatic heterocycles. The molecule has 5 nitrogen and oxygen atoms in total. The first-order valence-corrected chi connectivity index (χ1v) is 8.47. The van der Waals surface area contributed by atoms with Gasteiger partial charge in [-0.05, 0) is 30.9 Å². The molecule has 1 aromatic rings. The van der Waals surface area contributed by atoms with Crippen molar-refractivity contribution >= 4 is 5.78 Å². The first-order valence-electron chi connectivity index (χ1n) is 8.47. The van der Waals surface area contributed by atoms with Crippen LogP contribution in [0.2, 0.25) is 0 Å². The summed E-state index contributed by atoms with van der Waals surface area (Å²) < 4.78 is 5.96. The van der Waals surface area contributed by atoms with Gasteiger partial charge in [0.2, 0.25) is 0 Å². The molecule has 5 heteroatoms. The summed E-state index contributed by atoms with van der Waals surface area (Å²) in [5.74, 6) is 3.17. The predicted octanol–water partition coefficient (Wildman–Crippen LogP) is 0.749. The zero-order valence-corrected chi connectivity index (χ0v) is 13.3. The number of piperidine rings is 1. The van der Waals surface area contributed by atoms with Crippen molar-refractivity contribution in [3.8, 4) is 23.8 Å². The molecule has 1 saturated heterocycles. The van der Waals surface area contributed by atoms with Crippen LogP contribution in [0.15, 0.2) is 12.1 Å². The van der Waals surface area contributed by atoms with Gasteiger partial charge in [-0.25, -0.2) is 0 Å². The number of Topliss-reactive ketones (excluding diaryl/α,β-unsaturated/α-hetero) is 1. The van der Waals surface area contributed by atoms with Crippen molar-refractivity contribution in [1.29, 1.82) is 0 Å². The van der Waals surface area contributed by atoms with E-state index in [1.165, 1.54) is 0 Å². The Morgan fingerprint density at radius 1 is 1.42 bits per heavy atom. The predicted molar refractivity (Wildman–Crippen MR) is 85.9 cm³/mol. The Morgan fingerprint density at radius 2 is 2.25 bits per heavy atom. The Balaban J connectivity index is 1.80. The second-order valence-corrected chi connectivity index (χ2v) is 7.45. The average molecular weight is 325 g/mol. The summed E-state index contributed by atoms with van der Waals surface area (Å²) in [5.41, 5.74) is 0.114. The molecule has 2 heterocycles. The van der Waals surface area contributed by atoms with Gasteiger partial charge >= 0.3 is 0 Å². The number of terminal acetylenes is 1. The van der Waals surface area contributed by atoms with Gasteiger partial charge in [0.15, 0.2) is 23.4 Å². The first kappa shape index (κ1) is 14.3. The van der Waals surface area contributed by atoms with Crippen molar-refractivity contribution in [1.82, 2.24) is 4.90 Å². The zero-order chi connectivity index (χ0) is 16.7. The summed E-state index contributed by atoms with van der Waals surface area (Å²) in [6.07, 6.45) is 6.82. The molecule has 0 radical (unpaired) electrons. The molecule has 2 aliphatic carbocycles. The van der Waals surface area contributed by atoms with E-state index >= 15 is 0 Å². The van der Waals surface area contributed by atoms with Crippen molar-refractivity contribution in [2.24, 2.45) is 0 Å². The van der Waals surface area contributed by atoms with Crippen LogP contribution in [0.25, 0.3) is 0 Å². The van der Waals surface area contributed by atoms with Crippen molar-refractivity contribution < 1.29 is 19.7 Å². The SMILES string of the molecule is C#CCN1CC[C@]23c4c5ccc(O)c4O[C@H]2C(=O)CC[C@@]3(O)[C@@H]1C5. The number of phenolic OH excluding ortho intramolecular Hbond substituents is 1. The molecule has 1 aromatic carbocycles. The van der Waals surface area contributed by atoms with Crippen LogP contribution in [0.5, 0.6) is 11.5 Å². The van der Waals surface area contributed by atoms with E-state index in [2.05, 4.69) is 10.8 Å². The number of ether oxygens (including phenoxy) is 1. The monoisotopic (exact) mass is 325 g/mol. The lowest BCUT2D eigenvalue weighted by Gasteiger charge is -2.62. The minimum atomic E-state index is -1.05. The number of aromatic hydroxyl groups is 1. The van der Waals surface area contributed by atoms with Crippen LogP contribution in [-0.4, -0.2) is 51.7 Å². The molecule has 2 aliphatic heterocycles. The summed E-state index contributed by atoms with van der Waals surface area (Å²) in [6, 6.07) is 3.40. The Hall–Kier alpha value is -2.03. The van der Waals surface area contributed by atoms with E-state index in [4.69, 9.17) is 11.2 Å². The van der Waals surface area contributed by atoms with Crippen LogP contribution < -0.4 is 4.74 Å². The lowest BCUT2D eigenvalue weighted by molar-refractivity contribution is -0.186. The molecule has 0 unspecified atom stereocenters. The third-order valence-corrected chi connectivity index (χ3v) is 6.66. The van der Waals surface area contributed by atoms with Gasteiger partial charge in [0.1, 0.15) is 0 Å². The first-order chi connectivity index (χ1) is 11.5. The van der Waals surface area contributed by atoms with Crippen LogP contribution >= 0.6 is 0 Å². The maximum absolute atomic E-state index is 12.6. The standard InChI is InChI=1S/C19H19NO4/c1-2-8-20-9-7-18-15-11-3-4-12(21)16(15)24-17(18)13(22)5-6-19(18,23)14(20)10-11/h1,3-4,14,17,21,23H,5-10H2/t14-,17-,18-,19+/m0/s1. The molecule has 5 rings (SSSR count). The molecule has 2 fully saturated rings. The molecule has 2 bridgehead atoms.